The third kappa shape index (κ3) is 3.86. The molecular weight excluding hydrogens is 338 g/mol. The Morgan fingerprint density at radius 1 is 1.35 bits per heavy atom. The van der Waals surface area contributed by atoms with E-state index in [-0.39, 0.29) is 11.6 Å². The average molecular weight is 360 g/mol. The number of fused-ring (bicyclic) bond motifs is 2. The van der Waals surface area contributed by atoms with E-state index in [1.54, 1.807) is 18.3 Å². The summed E-state index contributed by atoms with van der Waals surface area (Å²) in [5.74, 6) is 2.14. The summed E-state index contributed by atoms with van der Waals surface area (Å²) in [6, 6.07) is 5.42. The van der Waals surface area contributed by atoms with Crippen LogP contribution in [0.15, 0.2) is 29.2 Å². The topological polar surface area (TPSA) is 157 Å². The molecular formula is C16H22N7O3+. The van der Waals surface area contributed by atoms with Crippen molar-refractivity contribution < 1.29 is 14.5 Å². The van der Waals surface area contributed by atoms with Crippen LogP contribution in [0.3, 0.4) is 0 Å². The predicted molar refractivity (Wildman–Crippen MR) is 96.7 cm³/mol. The maximum atomic E-state index is 12.2. The molecule has 0 aliphatic carbocycles. The number of nitrogens with one attached hydrogen (secondary N) is 2. The van der Waals surface area contributed by atoms with Gasteiger partial charge in [0.25, 0.3) is 0 Å². The number of rotatable bonds is 7. The first kappa shape index (κ1) is 17.5. The highest BCUT2D eigenvalue weighted by Crippen LogP contribution is 2.44. The van der Waals surface area contributed by atoms with Gasteiger partial charge in [-0.25, -0.2) is 4.79 Å². The van der Waals surface area contributed by atoms with E-state index >= 15 is 0 Å². The Morgan fingerprint density at radius 2 is 2.19 bits per heavy atom. The second-order valence-corrected chi connectivity index (χ2v) is 5.66. The molecule has 1 aromatic carbocycles. The van der Waals surface area contributed by atoms with Gasteiger partial charge in [-0.3, -0.25) is 21.0 Å². The van der Waals surface area contributed by atoms with Crippen LogP contribution >= 0.6 is 0 Å². The second kappa shape index (κ2) is 7.74. The molecule has 0 saturated carbocycles. The molecule has 10 nitrogen and oxygen atoms in total. The van der Waals surface area contributed by atoms with Crippen LogP contribution in [0.2, 0.25) is 0 Å². The fourth-order valence-electron chi connectivity index (χ4n) is 2.52. The standard InChI is InChI=1S/C16H21N7O3/c17-5-8-25-10-3-1-4-11-13(10)21-14-12(26-11)9-23(16(24)22-14)7-2-6-20-15(18)19/h1,3-4,9H,2,5-8,17H2,(H4,18,19,20)(H,21,22,24)/p+1. The molecule has 0 bridgehead atoms. The maximum absolute atomic E-state index is 12.2. The number of aromatic nitrogens is 2. The van der Waals surface area contributed by atoms with Gasteiger partial charge in [-0.15, -0.1) is 0 Å². The maximum Gasteiger partial charge on any atom is 0.349 e. The first-order valence-corrected chi connectivity index (χ1v) is 8.22. The monoisotopic (exact) mass is 360 g/mol. The fraction of sp³-hybridized carbons (Fsp3) is 0.312. The third-order valence-corrected chi connectivity index (χ3v) is 3.69. The summed E-state index contributed by atoms with van der Waals surface area (Å²) < 4.78 is 13.0. The molecule has 3 rings (SSSR count). The molecule has 0 saturated heterocycles. The largest absolute Gasteiger partial charge is 0.490 e. The zero-order valence-corrected chi connectivity index (χ0v) is 14.2. The Hall–Kier alpha value is -3.27. The van der Waals surface area contributed by atoms with Crippen LogP contribution in [-0.4, -0.2) is 35.2 Å². The molecule has 0 amide bonds. The van der Waals surface area contributed by atoms with Crippen LogP contribution in [-0.2, 0) is 6.54 Å². The van der Waals surface area contributed by atoms with Gasteiger partial charge >= 0.3 is 11.6 Å². The average Bonchev–Trinajstić information content (AvgIpc) is 2.62. The Kier molecular flexibility index (Phi) is 5.23. The van der Waals surface area contributed by atoms with Crippen molar-refractivity contribution in [1.29, 1.82) is 0 Å². The van der Waals surface area contributed by atoms with Gasteiger partial charge in [0, 0.05) is 13.1 Å². The molecule has 10 heteroatoms. The molecule has 0 spiro atoms. The van der Waals surface area contributed by atoms with Crippen molar-refractivity contribution in [3.8, 4) is 17.2 Å². The Morgan fingerprint density at radius 3 is 2.96 bits per heavy atom. The number of hydrogen-bond acceptors (Lipinski definition) is 6. The van der Waals surface area contributed by atoms with Crippen molar-refractivity contribution in [3.63, 3.8) is 0 Å². The smallest absolute Gasteiger partial charge is 0.349 e. The Balaban J connectivity index is 1.80. The number of nitrogens with zero attached hydrogens (tertiary/aromatic N) is 2. The van der Waals surface area contributed by atoms with Gasteiger partial charge in [0.2, 0.25) is 0 Å². The summed E-state index contributed by atoms with van der Waals surface area (Å²) in [5.41, 5.74) is 16.4. The number of hydrogen-bond donors (Lipinski definition) is 5. The molecule has 1 aliphatic rings. The third-order valence-electron chi connectivity index (χ3n) is 3.69. The molecule has 2 aromatic rings. The van der Waals surface area contributed by atoms with Gasteiger partial charge in [-0.05, 0) is 18.6 Å². The van der Waals surface area contributed by atoms with Crippen LogP contribution in [0.25, 0.3) is 0 Å². The van der Waals surface area contributed by atoms with Crippen LogP contribution in [0.5, 0.6) is 17.2 Å². The number of benzene rings is 1. The van der Waals surface area contributed by atoms with Gasteiger partial charge in [0.15, 0.2) is 17.3 Å². The summed E-state index contributed by atoms with van der Waals surface area (Å²) in [6.07, 6.45) is 2.28. The number of anilines is 2. The summed E-state index contributed by atoms with van der Waals surface area (Å²) in [4.78, 5) is 19.1. The van der Waals surface area contributed by atoms with Crippen molar-refractivity contribution in [1.82, 2.24) is 9.55 Å². The van der Waals surface area contributed by atoms with Gasteiger partial charge < -0.3 is 20.5 Å². The van der Waals surface area contributed by atoms with Gasteiger partial charge in [-0.2, -0.15) is 4.98 Å². The minimum atomic E-state index is -0.381. The zero-order chi connectivity index (χ0) is 18.5. The van der Waals surface area contributed by atoms with Crippen LogP contribution in [0, 0.1) is 0 Å². The summed E-state index contributed by atoms with van der Waals surface area (Å²) in [6.45, 7) is 1.77. The lowest BCUT2D eigenvalue weighted by Gasteiger charge is -2.23. The van der Waals surface area contributed by atoms with Crippen molar-refractivity contribution >= 4 is 17.5 Å². The summed E-state index contributed by atoms with van der Waals surface area (Å²) in [7, 11) is 0. The normalized spacial score (nSPS) is 11.6. The van der Waals surface area contributed by atoms with Crippen LogP contribution < -0.4 is 42.7 Å². The highest BCUT2D eigenvalue weighted by atomic mass is 16.5. The van der Waals surface area contributed by atoms with Crippen LogP contribution in [0.1, 0.15) is 6.42 Å². The summed E-state index contributed by atoms with van der Waals surface area (Å²) in [5, 5.41) is 3.10. The van der Waals surface area contributed by atoms with Crippen LogP contribution in [0.4, 0.5) is 11.5 Å². The lowest BCUT2D eigenvalue weighted by molar-refractivity contribution is -0.460. The zero-order valence-electron chi connectivity index (χ0n) is 14.2. The molecule has 0 fully saturated rings. The van der Waals surface area contributed by atoms with E-state index in [2.05, 4.69) is 15.3 Å². The van der Waals surface area contributed by atoms with E-state index in [1.807, 2.05) is 6.07 Å². The van der Waals surface area contributed by atoms with E-state index in [0.717, 1.165) is 0 Å². The van der Waals surface area contributed by atoms with Gasteiger partial charge in [-0.1, -0.05) is 6.07 Å². The Labute approximate surface area is 149 Å². The minimum Gasteiger partial charge on any atom is -0.490 e. The SMILES string of the molecule is NCCOc1cccc2c1Nc1nc(=O)n(CCC[NH+]=C(N)N)cc1O2. The molecule has 8 N–H and O–H groups in total. The lowest BCUT2D eigenvalue weighted by Crippen LogP contribution is -2.78. The summed E-state index contributed by atoms with van der Waals surface area (Å²) >= 11 is 0. The molecule has 2 heterocycles. The molecule has 138 valence electrons. The lowest BCUT2D eigenvalue weighted by atomic mass is 10.2. The van der Waals surface area contributed by atoms with Crippen molar-refractivity contribution in [3.05, 3.63) is 34.9 Å². The van der Waals surface area contributed by atoms with Gasteiger partial charge in [0.1, 0.15) is 18.0 Å². The van der Waals surface area contributed by atoms with Crippen molar-refractivity contribution in [2.24, 2.45) is 17.2 Å². The number of para-hydroxylation sites is 1. The molecule has 26 heavy (non-hydrogen) atoms. The van der Waals surface area contributed by atoms with E-state index < -0.39 is 0 Å². The highest BCUT2D eigenvalue weighted by molar-refractivity contribution is 5.77. The predicted octanol–water partition coefficient (Wildman–Crippen LogP) is -1.83. The number of nitrogens with two attached hydrogens (primary N) is 3. The van der Waals surface area contributed by atoms with Crippen molar-refractivity contribution in [2.75, 3.05) is 25.0 Å². The van der Waals surface area contributed by atoms with E-state index in [9.17, 15) is 4.79 Å². The quantitative estimate of drug-likeness (QED) is 0.187. The molecule has 1 aromatic heterocycles. The number of guanidine groups is 1. The molecule has 0 radical (unpaired) electrons. The fourth-order valence-corrected chi connectivity index (χ4v) is 2.52. The van der Waals surface area contributed by atoms with E-state index in [0.29, 0.717) is 61.4 Å². The molecule has 0 atom stereocenters. The van der Waals surface area contributed by atoms with E-state index in [4.69, 9.17) is 26.7 Å². The first-order valence-electron chi connectivity index (χ1n) is 8.22. The highest BCUT2D eigenvalue weighted by Gasteiger charge is 2.22. The molecule has 0 unspecified atom stereocenters. The van der Waals surface area contributed by atoms with Gasteiger partial charge in [0.05, 0.1) is 12.7 Å². The Bertz CT molecular complexity index is 875. The first-order chi connectivity index (χ1) is 12.6. The number of aryl methyl sites for hydroxylation is 1. The minimum absolute atomic E-state index is 0.151. The molecule has 1 aliphatic heterocycles. The van der Waals surface area contributed by atoms with E-state index in [1.165, 1.54) is 4.57 Å². The second-order valence-electron chi connectivity index (χ2n) is 5.66. The number of ether oxygens (including phenoxy) is 2. The van der Waals surface area contributed by atoms with Crippen molar-refractivity contribution in [2.45, 2.75) is 13.0 Å².